The van der Waals surface area contributed by atoms with Gasteiger partial charge in [0.1, 0.15) is 0 Å². The second kappa shape index (κ2) is 14.6. The molecule has 0 N–H and O–H groups in total. The third-order valence-electron chi connectivity index (χ3n) is 13.1. The molecule has 0 atom stereocenters. The Morgan fingerprint density at radius 3 is 1.27 bits per heavy atom. The number of hydrogen-bond donors (Lipinski definition) is 0. The van der Waals surface area contributed by atoms with Gasteiger partial charge in [0.25, 0.3) is 0 Å². The average Bonchev–Trinajstić information content (AvgIpc) is 3.82. The number of fused-ring (bicyclic) bond motifs is 10. The van der Waals surface area contributed by atoms with Gasteiger partial charge < -0.3 is 4.90 Å². The third kappa shape index (κ3) is 5.49. The van der Waals surface area contributed by atoms with Crippen LogP contribution in [0.3, 0.4) is 0 Å². The van der Waals surface area contributed by atoms with Crippen molar-refractivity contribution < 1.29 is 0 Å². The van der Waals surface area contributed by atoms with Crippen LogP contribution in [-0.2, 0) is 5.41 Å². The quantitative estimate of drug-likeness (QED) is 0.155. The van der Waals surface area contributed by atoms with Gasteiger partial charge in [0.05, 0.1) is 16.8 Å². The van der Waals surface area contributed by atoms with Crippen LogP contribution < -0.4 is 4.90 Å². The topological polar surface area (TPSA) is 3.24 Å². The van der Waals surface area contributed by atoms with Crippen molar-refractivity contribution in [2.45, 2.75) is 5.41 Å². The summed E-state index contributed by atoms with van der Waals surface area (Å²) < 4.78 is 0. The first kappa shape index (κ1) is 35.9. The summed E-state index contributed by atoms with van der Waals surface area (Å²) >= 11 is 0. The number of nitrogens with zero attached hydrogens (tertiary/aromatic N) is 1. The summed E-state index contributed by atoms with van der Waals surface area (Å²) in [5, 5.41) is 0. The molecular weight excluding hydrogens is 747 g/mol. The Morgan fingerprint density at radius 2 is 0.677 bits per heavy atom. The van der Waals surface area contributed by atoms with Crippen molar-refractivity contribution >= 4 is 17.1 Å². The molecule has 0 unspecified atom stereocenters. The summed E-state index contributed by atoms with van der Waals surface area (Å²) in [5.41, 5.74) is 22.7. The summed E-state index contributed by atoms with van der Waals surface area (Å²) in [6.45, 7) is 0. The molecule has 0 saturated heterocycles. The molecule has 1 heteroatoms. The molecule has 2 aliphatic carbocycles. The van der Waals surface area contributed by atoms with Gasteiger partial charge >= 0.3 is 0 Å². The first-order valence-corrected chi connectivity index (χ1v) is 21.5. The van der Waals surface area contributed by atoms with Crippen LogP contribution in [0.4, 0.5) is 17.1 Å². The minimum Gasteiger partial charge on any atom is -0.309 e. The highest BCUT2D eigenvalue weighted by Gasteiger charge is 2.52. The van der Waals surface area contributed by atoms with E-state index in [4.69, 9.17) is 0 Å². The van der Waals surface area contributed by atoms with Crippen LogP contribution in [-0.4, -0.2) is 0 Å². The Hall–Kier alpha value is -8.00. The molecule has 12 rings (SSSR count). The van der Waals surface area contributed by atoms with Crippen LogP contribution in [0.2, 0.25) is 0 Å². The van der Waals surface area contributed by atoms with E-state index >= 15 is 0 Å². The molecule has 0 bridgehead atoms. The SMILES string of the molecule is c1ccc(-c2ccc(N(c3ccccc3-c3ccccc3)c3cc4c(cc3-c3ccccc3)-c3c(-c5ccccc5)cccc3C43c4ccccc4-c4ccccc43)cc2)cc1. The zero-order valence-corrected chi connectivity index (χ0v) is 34.1. The van der Waals surface area contributed by atoms with Gasteiger partial charge in [-0.3, -0.25) is 0 Å². The van der Waals surface area contributed by atoms with E-state index in [1.165, 1.54) is 89.0 Å². The van der Waals surface area contributed by atoms with Crippen molar-refractivity contribution in [1.82, 2.24) is 0 Å². The molecular formula is C61H41N. The van der Waals surface area contributed by atoms with Gasteiger partial charge in [-0.15, -0.1) is 0 Å². The Bertz CT molecular complexity index is 3210. The maximum absolute atomic E-state index is 2.55. The van der Waals surface area contributed by atoms with Crippen molar-refractivity contribution in [3.8, 4) is 66.8 Å². The second-order valence-electron chi connectivity index (χ2n) is 16.3. The van der Waals surface area contributed by atoms with Gasteiger partial charge in [0.2, 0.25) is 0 Å². The summed E-state index contributed by atoms with van der Waals surface area (Å²) in [6.07, 6.45) is 0. The normalized spacial score (nSPS) is 12.6. The van der Waals surface area contributed by atoms with Gasteiger partial charge in [-0.05, 0) is 108 Å². The number of hydrogen-bond acceptors (Lipinski definition) is 1. The largest absolute Gasteiger partial charge is 0.309 e. The lowest BCUT2D eigenvalue weighted by molar-refractivity contribution is 0.794. The van der Waals surface area contributed by atoms with E-state index in [0.717, 1.165) is 17.1 Å². The van der Waals surface area contributed by atoms with Gasteiger partial charge in [0, 0.05) is 16.8 Å². The molecule has 62 heavy (non-hydrogen) atoms. The van der Waals surface area contributed by atoms with Gasteiger partial charge in [-0.25, -0.2) is 0 Å². The maximum atomic E-state index is 2.55. The molecule has 2 aliphatic rings. The number of rotatable bonds is 7. The number of para-hydroxylation sites is 1. The molecule has 10 aromatic carbocycles. The van der Waals surface area contributed by atoms with Crippen LogP contribution in [0.1, 0.15) is 22.3 Å². The summed E-state index contributed by atoms with van der Waals surface area (Å²) in [7, 11) is 0. The molecule has 0 fully saturated rings. The number of benzene rings is 10. The molecule has 0 saturated carbocycles. The Labute approximate surface area is 363 Å². The fourth-order valence-electron chi connectivity index (χ4n) is 10.5. The Kier molecular flexibility index (Phi) is 8.47. The number of anilines is 3. The molecule has 0 aromatic heterocycles. The van der Waals surface area contributed by atoms with Crippen LogP contribution in [0.15, 0.2) is 249 Å². The smallest absolute Gasteiger partial charge is 0.0726 e. The molecule has 0 amide bonds. The Morgan fingerprint density at radius 1 is 0.242 bits per heavy atom. The van der Waals surface area contributed by atoms with Crippen LogP contribution in [0.5, 0.6) is 0 Å². The highest BCUT2D eigenvalue weighted by Crippen LogP contribution is 2.65. The van der Waals surface area contributed by atoms with E-state index < -0.39 is 5.41 Å². The summed E-state index contributed by atoms with van der Waals surface area (Å²) in [5.74, 6) is 0. The predicted molar refractivity (Wildman–Crippen MR) is 259 cm³/mol. The Balaban J connectivity index is 1.22. The third-order valence-corrected chi connectivity index (χ3v) is 13.1. The zero-order valence-electron chi connectivity index (χ0n) is 34.1. The first-order chi connectivity index (χ1) is 30.8. The minimum absolute atomic E-state index is 0.547. The maximum Gasteiger partial charge on any atom is 0.0726 e. The van der Waals surface area contributed by atoms with Crippen molar-refractivity contribution in [1.29, 1.82) is 0 Å². The lowest BCUT2D eigenvalue weighted by Gasteiger charge is -2.34. The van der Waals surface area contributed by atoms with Crippen molar-refractivity contribution in [2.75, 3.05) is 4.90 Å². The predicted octanol–water partition coefficient (Wildman–Crippen LogP) is 16.2. The standard InChI is InChI=1S/C61H41N/c1-5-20-42(21-6-1)43-36-38-47(39-37-43)62(58-35-18-15-28-48(58)44-22-7-2-8-23-44)59-41-57-53(40-52(59)46-26-11-4-12-27-46)60-49(45-24-9-3-10-25-45)31-19-34-56(60)61(57)54-32-16-13-29-50(54)51-30-14-17-33-55(51)61/h1-41H. The van der Waals surface area contributed by atoms with E-state index in [1.54, 1.807) is 0 Å². The molecule has 0 radical (unpaired) electrons. The summed E-state index contributed by atoms with van der Waals surface area (Å²) in [6, 6.07) is 91.7. The fraction of sp³-hybridized carbons (Fsp3) is 0.0164. The van der Waals surface area contributed by atoms with Crippen molar-refractivity contribution in [3.05, 3.63) is 271 Å². The zero-order chi connectivity index (χ0) is 41.0. The van der Waals surface area contributed by atoms with E-state index in [2.05, 4.69) is 254 Å². The molecule has 290 valence electrons. The van der Waals surface area contributed by atoms with E-state index in [0.29, 0.717) is 0 Å². The average molecular weight is 788 g/mol. The highest BCUT2D eigenvalue weighted by atomic mass is 15.1. The van der Waals surface area contributed by atoms with Crippen LogP contribution in [0.25, 0.3) is 66.8 Å². The van der Waals surface area contributed by atoms with Crippen molar-refractivity contribution in [2.24, 2.45) is 0 Å². The monoisotopic (exact) mass is 787 g/mol. The second-order valence-corrected chi connectivity index (χ2v) is 16.3. The molecule has 0 aliphatic heterocycles. The minimum atomic E-state index is -0.547. The van der Waals surface area contributed by atoms with Crippen molar-refractivity contribution in [3.63, 3.8) is 0 Å². The van der Waals surface area contributed by atoms with Gasteiger partial charge in [0.15, 0.2) is 0 Å². The van der Waals surface area contributed by atoms with Crippen LogP contribution in [0, 0.1) is 0 Å². The molecule has 0 heterocycles. The first-order valence-electron chi connectivity index (χ1n) is 21.5. The lowest BCUT2D eigenvalue weighted by Crippen LogP contribution is -2.26. The van der Waals surface area contributed by atoms with Gasteiger partial charge in [-0.2, -0.15) is 0 Å². The lowest BCUT2D eigenvalue weighted by atomic mass is 9.70. The highest BCUT2D eigenvalue weighted by molar-refractivity contribution is 6.04. The van der Waals surface area contributed by atoms with E-state index in [1.807, 2.05) is 0 Å². The fourth-order valence-corrected chi connectivity index (χ4v) is 10.5. The molecule has 10 aromatic rings. The molecule has 1 spiro atoms. The van der Waals surface area contributed by atoms with E-state index in [9.17, 15) is 0 Å². The van der Waals surface area contributed by atoms with Gasteiger partial charge in [-0.1, -0.05) is 218 Å². The van der Waals surface area contributed by atoms with Crippen LogP contribution >= 0.6 is 0 Å². The van der Waals surface area contributed by atoms with E-state index in [-0.39, 0.29) is 0 Å². The molecule has 1 nitrogen and oxygen atoms in total. The summed E-state index contributed by atoms with van der Waals surface area (Å²) in [4.78, 5) is 2.52.